The Kier molecular flexibility index (Phi) is 5.65. The number of alkyl halides is 3. The minimum Gasteiger partial charge on any atom is -0.437 e. The van der Waals surface area contributed by atoms with Crippen LogP contribution in [0.1, 0.15) is 5.56 Å². The number of benzene rings is 2. The molecule has 1 heterocycles. The molecular formula is C19H15F3N4OS. The van der Waals surface area contributed by atoms with Crippen LogP contribution in [0.2, 0.25) is 0 Å². The zero-order chi connectivity index (χ0) is 20.1. The highest BCUT2D eigenvalue weighted by molar-refractivity contribution is 7.80. The van der Waals surface area contributed by atoms with Crippen LogP contribution in [0, 0.1) is 0 Å². The van der Waals surface area contributed by atoms with Crippen LogP contribution in [0.5, 0.6) is 11.6 Å². The topological polar surface area (TPSA) is 72.2 Å². The third-order valence-corrected chi connectivity index (χ3v) is 3.81. The molecule has 0 aliphatic rings. The minimum atomic E-state index is -4.47. The average Bonchev–Trinajstić information content (AvgIpc) is 2.65. The van der Waals surface area contributed by atoms with E-state index in [1.54, 1.807) is 36.4 Å². The highest BCUT2D eigenvalue weighted by Crippen LogP contribution is 2.33. The Morgan fingerprint density at radius 3 is 2.43 bits per heavy atom. The lowest BCUT2D eigenvalue weighted by Crippen LogP contribution is -2.20. The van der Waals surface area contributed by atoms with E-state index in [1.165, 1.54) is 18.3 Å². The van der Waals surface area contributed by atoms with Gasteiger partial charge in [0.05, 0.1) is 16.9 Å². The maximum atomic E-state index is 12.9. The van der Waals surface area contributed by atoms with Crippen molar-refractivity contribution in [1.29, 1.82) is 0 Å². The van der Waals surface area contributed by atoms with Crippen LogP contribution in [0.3, 0.4) is 0 Å². The van der Waals surface area contributed by atoms with Crippen molar-refractivity contribution in [2.75, 3.05) is 16.4 Å². The molecule has 144 valence electrons. The highest BCUT2D eigenvalue weighted by Gasteiger charge is 2.30. The van der Waals surface area contributed by atoms with E-state index in [0.717, 1.165) is 12.1 Å². The smallest absolute Gasteiger partial charge is 0.416 e. The van der Waals surface area contributed by atoms with E-state index >= 15 is 0 Å². The molecule has 0 atom stereocenters. The fourth-order valence-electron chi connectivity index (χ4n) is 2.30. The Bertz CT molecular complexity index is 995. The number of nitrogens with zero attached hydrogens (tertiary/aromatic N) is 1. The molecule has 5 nitrogen and oxygen atoms in total. The molecule has 0 amide bonds. The number of rotatable bonds is 4. The maximum Gasteiger partial charge on any atom is 0.416 e. The van der Waals surface area contributed by atoms with Crippen LogP contribution in [-0.2, 0) is 6.18 Å². The summed E-state index contributed by atoms with van der Waals surface area (Å²) in [4.78, 5) is 4.07. The van der Waals surface area contributed by atoms with E-state index in [1.807, 2.05) is 0 Å². The van der Waals surface area contributed by atoms with Crippen molar-refractivity contribution in [2.24, 2.45) is 0 Å². The fourth-order valence-corrected chi connectivity index (χ4v) is 2.52. The monoisotopic (exact) mass is 404 g/mol. The number of hydrogen-bond acceptors (Lipinski definition) is 4. The second kappa shape index (κ2) is 8.13. The molecule has 2 aromatic carbocycles. The predicted octanol–water partition coefficient (Wildman–Crippen LogP) is 5.28. The highest BCUT2D eigenvalue weighted by atomic mass is 32.1. The van der Waals surface area contributed by atoms with Gasteiger partial charge in [0.15, 0.2) is 5.11 Å². The number of nitrogens with two attached hydrogens (primary N) is 1. The Hall–Kier alpha value is -3.33. The van der Waals surface area contributed by atoms with E-state index in [2.05, 4.69) is 15.6 Å². The van der Waals surface area contributed by atoms with Crippen molar-refractivity contribution in [3.8, 4) is 11.6 Å². The number of hydrogen-bond donors (Lipinski definition) is 3. The number of para-hydroxylation sites is 2. The Labute approximate surface area is 164 Å². The SMILES string of the molecule is Nc1ccccc1NC(=S)Nc1cccnc1Oc1cccc(C(F)(F)F)c1. The second-order valence-electron chi connectivity index (χ2n) is 5.65. The summed E-state index contributed by atoms with van der Waals surface area (Å²) in [5.41, 5.74) is 6.56. The van der Waals surface area contributed by atoms with Gasteiger partial charge in [0, 0.05) is 6.20 Å². The molecule has 0 unspecified atom stereocenters. The number of ether oxygens (including phenoxy) is 1. The standard InChI is InChI=1S/C19H15F3N4OS/c20-19(21,22)12-5-3-6-13(11-12)27-17-16(9-4-10-24-17)26-18(28)25-15-8-2-1-7-14(15)23/h1-11H,23H2,(H2,25,26,28). The van der Waals surface area contributed by atoms with Gasteiger partial charge in [0.25, 0.3) is 0 Å². The Balaban J connectivity index is 1.77. The number of nitrogen functional groups attached to an aromatic ring is 1. The van der Waals surface area contributed by atoms with Gasteiger partial charge < -0.3 is 21.1 Å². The molecule has 0 bridgehead atoms. The first-order chi connectivity index (χ1) is 13.3. The Morgan fingerprint density at radius 2 is 1.68 bits per heavy atom. The molecule has 0 radical (unpaired) electrons. The summed E-state index contributed by atoms with van der Waals surface area (Å²) < 4.78 is 44.2. The van der Waals surface area contributed by atoms with Crippen molar-refractivity contribution in [3.05, 3.63) is 72.4 Å². The lowest BCUT2D eigenvalue weighted by atomic mass is 10.2. The minimum absolute atomic E-state index is 0.00255. The first-order valence-corrected chi connectivity index (χ1v) is 8.46. The molecule has 3 rings (SSSR count). The van der Waals surface area contributed by atoms with E-state index in [4.69, 9.17) is 22.7 Å². The molecule has 4 N–H and O–H groups in total. The lowest BCUT2D eigenvalue weighted by Gasteiger charge is -2.15. The molecule has 0 spiro atoms. The van der Waals surface area contributed by atoms with Crippen LogP contribution in [0.4, 0.5) is 30.2 Å². The third kappa shape index (κ3) is 4.89. The first-order valence-electron chi connectivity index (χ1n) is 8.05. The fraction of sp³-hybridized carbons (Fsp3) is 0.0526. The van der Waals surface area contributed by atoms with E-state index < -0.39 is 11.7 Å². The van der Waals surface area contributed by atoms with Gasteiger partial charge in [-0.3, -0.25) is 0 Å². The zero-order valence-electron chi connectivity index (χ0n) is 14.3. The molecule has 0 saturated heterocycles. The summed E-state index contributed by atoms with van der Waals surface area (Å²) in [6.07, 6.45) is -3.01. The van der Waals surface area contributed by atoms with Crippen molar-refractivity contribution in [1.82, 2.24) is 4.98 Å². The molecule has 0 aliphatic heterocycles. The molecule has 28 heavy (non-hydrogen) atoms. The van der Waals surface area contributed by atoms with Crippen molar-refractivity contribution < 1.29 is 17.9 Å². The zero-order valence-corrected chi connectivity index (χ0v) is 15.1. The van der Waals surface area contributed by atoms with Crippen molar-refractivity contribution >= 4 is 34.4 Å². The normalized spacial score (nSPS) is 11.0. The van der Waals surface area contributed by atoms with Crippen LogP contribution in [-0.4, -0.2) is 10.1 Å². The van der Waals surface area contributed by atoms with Crippen molar-refractivity contribution in [2.45, 2.75) is 6.18 Å². The van der Waals surface area contributed by atoms with Gasteiger partial charge in [-0.1, -0.05) is 18.2 Å². The average molecular weight is 404 g/mol. The van der Waals surface area contributed by atoms with E-state index in [9.17, 15) is 13.2 Å². The number of anilines is 3. The van der Waals surface area contributed by atoms with Gasteiger partial charge in [-0.25, -0.2) is 4.98 Å². The van der Waals surface area contributed by atoms with E-state index in [0.29, 0.717) is 17.1 Å². The molecule has 3 aromatic rings. The summed E-state index contributed by atoms with van der Waals surface area (Å²) in [5.74, 6) is 0.0785. The van der Waals surface area contributed by atoms with Gasteiger partial charge in [-0.05, 0) is 54.7 Å². The lowest BCUT2D eigenvalue weighted by molar-refractivity contribution is -0.137. The van der Waals surface area contributed by atoms with Gasteiger partial charge in [-0.15, -0.1) is 0 Å². The third-order valence-electron chi connectivity index (χ3n) is 3.60. The summed E-state index contributed by atoms with van der Waals surface area (Å²) in [6, 6.07) is 14.9. The molecule has 1 aromatic heterocycles. The number of nitrogens with one attached hydrogen (secondary N) is 2. The Morgan fingerprint density at radius 1 is 0.964 bits per heavy atom. The van der Waals surface area contributed by atoms with Gasteiger partial charge >= 0.3 is 6.18 Å². The number of aromatic nitrogens is 1. The van der Waals surface area contributed by atoms with Crippen LogP contribution in [0.25, 0.3) is 0 Å². The quantitative estimate of drug-likeness (QED) is 0.406. The molecule has 0 aliphatic carbocycles. The molecular weight excluding hydrogens is 389 g/mol. The summed E-state index contributed by atoms with van der Waals surface area (Å²) in [6.45, 7) is 0. The predicted molar refractivity (Wildman–Crippen MR) is 106 cm³/mol. The number of thiocarbonyl (C=S) groups is 1. The molecule has 0 fully saturated rings. The van der Waals surface area contributed by atoms with Crippen LogP contribution < -0.4 is 21.1 Å². The molecule has 0 saturated carbocycles. The summed E-state index contributed by atoms with van der Waals surface area (Å²) in [5, 5.41) is 6.07. The van der Waals surface area contributed by atoms with Crippen LogP contribution in [0.15, 0.2) is 66.9 Å². The second-order valence-corrected chi connectivity index (χ2v) is 6.06. The number of pyridine rings is 1. The summed E-state index contributed by atoms with van der Waals surface area (Å²) in [7, 11) is 0. The maximum absolute atomic E-state index is 12.9. The van der Waals surface area contributed by atoms with Crippen molar-refractivity contribution in [3.63, 3.8) is 0 Å². The van der Waals surface area contributed by atoms with E-state index in [-0.39, 0.29) is 16.7 Å². The van der Waals surface area contributed by atoms with Gasteiger partial charge in [-0.2, -0.15) is 13.2 Å². The van der Waals surface area contributed by atoms with Crippen LogP contribution >= 0.6 is 12.2 Å². The molecule has 9 heteroatoms. The van der Waals surface area contributed by atoms with Gasteiger partial charge in [0.1, 0.15) is 11.4 Å². The first kappa shape index (κ1) is 19.4. The number of halogens is 3. The summed E-state index contributed by atoms with van der Waals surface area (Å²) >= 11 is 5.26. The largest absolute Gasteiger partial charge is 0.437 e. The van der Waals surface area contributed by atoms with Gasteiger partial charge in [0.2, 0.25) is 5.88 Å².